The number of carbonyl (C=O) groups is 1. The number of ether oxygens (including phenoxy) is 2. The Morgan fingerprint density at radius 3 is 1.53 bits per heavy atom. The number of aryl methyl sites for hydroxylation is 4. The maximum Gasteiger partial charge on any atom is 0.213 e. The Hall–Kier alpha value is -10.5. The molecule has 16 rings (SSSR count). The molecule has 13 aromatic rings. The van der Waals surface area contributed by atoms with Crippen LogP contribution in [0.25, 0.3) is 66.1 Å². The van der Waals surface area contributed by atoms with Gasteiger partial charge in [0.2, 0.25) is 5.52 Å². The number of para-hydroxylation sites is 3. The Morgan fingerprint density at radius 2 is 0.922 bits per heavy atom. The molecule has 0 fully saturated rings. The summed E-state index contributed by atoms with van der Waals surface area (Å²) >= 11 is 0. The lowest BCUT2D eigenvalue weighted by molar-refractivity contribution is -0.697. The third-order valence-corrected chi connectivity index (χ3v) is 18.7. The van der Waals surface area contributed by atoms with Crippen LogP contribution in [0.2, 0.25) is 0 Å². The fraction of sp³-hybridized carbons (Fsp3) is 0.173. The number of nitrogens with zero attached hydrogens (tertiary/aromatic N) is 6. The lowest BCUT2D eigenvalue weighted by atomic mass is 9.68. The zero-order valence-electron chi connectivity index (χ0n) is 51.7. The van der Waals surface area contributed by atoms with E-state index in [4.69, 9.17) is 14.5 Å². The molecule has 7 aromatic carbocycles. The minimum absolute atomic E-state index is 0.0198. The molecular formula is C81H70N6O3+2. The summed E-state index contributed by atoms with van der Waals surface area (Å²) in [6, 6.07) is 66.8. The third kappa shape index (κ3) is 9.41. The molecular weight excluding hydrogens is 1100 g/mol. The number of carbonyl (C=O) groups excluding carboxylic acids is 1. The number of hydrogen-bond acceptors (Lipinski definition) is 7. The summed E-state index contributed by atoms with van der Waals surface area (Å²) in [5.74, 6) is 1.74. The topological polar surface area (TPSA) is 94.8 Å². The molecule has 0 aliphatic heterocycles. The van der Waals surface area contributed by atoms with E-state index in [9.17, 15) is 4.79 Å². The van der Waals surface area contributed by atoms with Gasteiger partial charge in [0.05, 0.1) is 41.5 Å². The van der Waals surface area contributed by atoms with Crippen molar-refractivity contribution >= 4 is 38.5 Å². The molecule has 2 unspecified atom stereocenters. The van der Waals surface area contributed by atoms with Crippen LogP contribution < -0.4 is 18.6 Å². The standard InChI is InChI=1S/C37H40N2O.C29H22N2O.C15H8N2O/c1-5-7-22-38-24-21-31-33(25-38)37(28-15-13-27(3)14-16-28,29-17-19-30(40-4)20-18-29)34-26-39(23-8-6-2)35-12-10-9-11-32(35)36(31)34;1-19-7-9-20(10-8-19)29(21-11-13-22(32-2)14-12-21)25-17-30-16-15-23(25)28-24-5-3-4-6-27(24)31-18-26(28)29;18-15-11-7-16-6-5-9(11)14-10-3-1-2-4-13(10)17-8-12(14)15/h9-21,24-26H,5-8,22-23H2,1-4H3;3-18H,1-2H3;1-8H/q+2;;. The second-order valence-electron chi connectivity index (χ2n) is 23.8. The molecule has 0 saturated carbocycles. The maximum absolute atomic E-state index is 12.3. The van der Waals surface area contributed by atoms with Crippen LogP contribution in [0, 0.1) is 13.8 Å². The average molecular weight is 1180 g/mol. The molecule has 440 valence electrons. The lowest BCUT2D eigenvalue weighted by Gasteiger charge is -2.33. The highest BCUT2D eigenvalue weighted by atomic mass is 16.5. The summed E-state index contributed by atoms with van der Waals surface area (Å²) in [6.07, 6.45) is 22.8. The molecule has 0 spiro atoms. The van der Waals surface area contributed by atoms with Crippen LogP contribution in [0.3, 0.4) is 0 Å². The van der Waals surface area contributed by atoms with E-state index in [1.165, 1.54) is 101 Å². The molecule has 0 amide bonds. The Morgan fingerprint density at radius 1 is 0.422 bits per heavy atom. The highest BCUT2D eigenvalue weighted by molar-refractivity contribution is 6.25. The van der Waals surface area contributed by atoms with Crippen molar-refractivity contribution in [2.75, 3.05) is 14.2 Å². The summed E-state index contributed by atoms with van der Waals surface area (Å²) in [6.45, 7) is 10.9. The summed E-state index contributed by atoms with van der Waals surface area (Å²) in [4.78, 5) is 30.1. The van der Waals surface area contributed by atoms with Gasteiger partial charge in [0, 0.05) is 106 Å². The Kier molecular flexibility index (Phi) is 15.2. The minimum Gasteiger partial charge on any atom is -0.497 e. The van der Waals surface area contributed by atoms with Crippen molar-refractivity contribution in [1.29, 1.82) is 0 Å². The predicted octanol–water partition coefficient (Wildman–Crippen LogP) is 16.8. The fourth-order valence-electron chi connectivity index (χ4n) is 14.3. The third-order valence-electron chi connectivity index (χ3n) is 18.7. The van der Waals surface area contributed by atoms with Crippen LogP contribution in [0.15, 0.2) is 244 Å². The van der Waals surface area contributed by atoms with E-state index in [-0.39, 0.29) is 5.78 Å². The molecule has 3 aliphatic rings. The van der Waals surface area contributed by atoms with E-state index in [2.05, 4.69) is 216 Å². The second-order valence-corrected chi connectivity index (χ2v) is 23.8. The first kappa shape index (κ1) is 57.2. The number of hydrogen-bond donors (Lipinski definition) is 0. The van der Waals surface area contributed by atoms with E-state index in [0.717, 1.165) is 71.4 Å². The van der Waals surface area contributed by atoms with Crippen molar-refractivity contribution in [2.45, 2.75) is 77.3 Å². The number of rotatable bonds is 12. The van der Waals surface area contributed by atoms with Gasteiger partial charge in [-0.3, -0.25) is 24.7 Å². The largest absolute Gasteiger partial charge is 0.497 e. The average Bonchev–Trinajstić information content (AvgIpc) is 1.54. The van der Waals surface area contributed by atoms with Crippen molar-refractivity contribution in [1.82, 2.24) is 19.9 Å². The van der Waals surface area contributed by atoms with Gasteiger partial charge >= 0.3 is 0 Å². The van der Waals surface area contributed by atoms with E-state index in [0.29, 0.717) is 11.1 Å². The first-order valence-electron chi connectivity index (χ1n) is 31.3. The molecule has 0 bridgehead atoms. The van der Waals surface area contributed by atoms with Crippen molar-refractivity contribution in [3.8, 4) is 44.9 Å². The number of pyridine rings is 6. The van der Waals surface area contributed by atoms with Crippen LogP contribution in [0.1, 0.15) is 111 Å². The van der Waals surface area contributed by atoms with Gasteiger partial charge in [-0.15, -0.1) is 0 Å². The van der Waals surface area contributed by atoms with Gasteiger partial charge in [-0.05, 0) is 124 Å². The predicted molar refractivity (Wildman–Crippen MR) is 359 cm³/mol. The first-order valence-corrected chi connectivity index (χ1v) is 31.3. The normalized spacial score (nSPS) is 15.4. The van der Waals surface area contributed by atoms with Crippen LogP contribution in [-0.2, 0) is 23.9 Å². The van der Waals surface area contributed by atoms with Gasteiger partial charge in [-0.1, -0.05) is 159 Å². The van der Waals surface area contributed by atoms with E-state index in [1.807, 2.05) is 60.9 Å². The van der Waals surface area contributed by atoms with Crippen molar-refractivity contribution in [2.24, 2.45) is 0 Å². The van der Waals surface area contributed by atoms with Gasteiger partial charge in [-0.25, -0.2) is 4.57 Å². The van der Waals surface area contributed by atoms with Crippen LogP contribution in [0.5, 0.6) is 11.5 Å². The number of benzene rings is 7. The van der Waals surface area contributed by atoms with E-state index < -0.39 is 10.8 Å². The van der Waals surface area contributed by atoms with Gasteiger partial charge in [0.1, 0.15) is 24.6 Å². The van der Waals surface area contributed by atoms with E-state index >= 15 is 0 Å². The van der Waals surface area contributed by atoms with Crippen molar-refractivity contribution < 1.29 is 23.4 Å². The van der Waals surface area contributed by atoms with Gasteiger partial charge in [-0.2, -0.15) is 4.57 Å². The van der Waals surface area contributed by atoms with Crippen LogP contribution in [-0.4, -0.2) is 39.9 Å². The summed E-state index contributed by atoms with van der Waals surface area (Å²) < 4.78 is 16.0. The summed E-state index contributed by atoms with van der Waals surface area (Å²) in [5.41, 5.74) is 23.3. The number of ketones is 1. The molecule has 9 nitrogen and oxygen atoms in total. The van der Waals surface area contributed by atoms with Gasteiger partial charge < -0.3 is 9.47 Å². The number of unbranched alkanes of at least 4 members (excludes halogenated alkanes) is 2. The molecule has 6 aromatic heterocycles. The van der Waals surface area contributed by atoms with Crippen LogP contribution >= 0.6 is 0 Å². The van der Waals surface area contributed by atoms with Gasteiger partial charge in [0.25, 0.3) is 0 Å². The number of aromatic nitrogens is 6. The van der Waals surface area contributed by atoms with Crippen molar-refractivity contribution in [3.05, 3.63) is 311 Å². The molecule has 0 radical (unpaired) electrons. The van der Waals surface area contributed by atoms with E-state index in [1.54, 1.807) is 32.8 Å². The SMILES string of the molecule is CCCC[n+]1ccc2c(c1)C(c1ccc(C)cc1)(c1ccc(OC)cc1)c1c[n+](CCCC)c3ccccc3c1-2.COc1ccc(C2(c3ccc(C)cc3)c3cnccc3-c3c2cnc2ccccc32)cc1.O=C1c2cnccc2-c2c1cnc1ccccc21. The molecule has 90 heavy (non-hydrogen) atoms. The summed E-state index contributed by atoms with van der Waals surface area (Å²) in [5, 5.41) is 3.51. The summed E-state index contributed by atoms with van der Waals surface area (Å²) in [7, 11) is 3.44. The monoisotopic (exact) mass is 1170 g/mol. The number of methoxy groups -OCH3 is 2. The Bertz CT molecular complexity index is 4870. The maximum atomic E-state index is 12.3. The molecule has 2 atom stereocenters. The highest BCUT2D eigenvalue weighted by Crippen LogP contribution is 2.59. The molecule has 9 heteroatoms. The number of fused-ring (bicyclic) bond motifs is 15. The first-order chi connectivity index (χ1) is 44.2. The van der Waals surface area contributed by atoms with Crippen LogP contribution in [0.4, 0.5) is 0 Å². The Labute approximate surface area is 526 Å². The lowest BCUT2D eigenvalue weighted by Crippen LogP contribution is -2.39. The van der Waals surface area contributed by atoms with Gasteiger partial charge in [0.15, 0.2) is 24.4 Å². The Balaban J connectivity index is 0.000000126. The molecule has 3 aliphatic carbocycles. The molecule has 0 saturated heterocycles. The highest BCUT2D eigenvalue weighted by Gasteiger charge is 2.51. The fourth-order valence-corrected chi connectivity index (χ4v) is 14.3. The molecule has 6 heterocycles. The quantitative estimate of drug-likeness (QED) is 0.112. The van der Waals surface area contributed by atoms with Crippen molar-refractivity contribution in [3.63, 3.8) is 0 Å². The minimum atomic E-state index is -0.504. The molecule has 0 N–H and O–H groups in total. The second kappa shape index (κ2) is 23.9. The zero-order valence-corrected chi connectivity index (χ0v) is 51.7. The smallest absolute Gasteiger partial charge is 0.213 e. The zero-order chi connectivity index (χ0) is 61.5.